The highest BCUT2D eigenvalue weighted by Crippen LogP contribution is 2.34. The number of rotatable bonds is 5. The second kappa shape index (κ2) is 6.68. The normalized spacial score (nSPS) is 15.3. The van der Waals surface area contributed by atoms with E-state index in [-0.39, 0.29) is 17.6 Å². The van der Waals surface area contributed by atoms with Crippen LogP contribution in [0.2, 0.25) is 0 Å². The van der Waals surface area contributed by atoms with E-state index in [0.717, 1.165) is 22.9 Å². The summed E-state index contributed by atoms with van der Waals surface area (Å²) >= 11 is 3.29. The maximum absolute atomic E-state index is 14.1. The summed E-state index contributed by atoms with van der Waals surface area (Å²) in [5, 5.41) is 0. The Morgan fingerprint density at radius 2 is 2.30 bits per heavy atom. The number of carbonyl (C=O) groups is 1. The average Bonchev–Trinajstić information content (AvgIpc) is 2.81. The van der Waals surface area contributed by atoms with E-state index in [1.807, 2.05) is 13.0 Å². The number of methoxy groups -OCH3 is 1. The summed E-state index contributed by atoms with van der Waals surface area (Å²) in [6, 6.07) is 3.31. The summed E-state index contributed by atoms with van der Waals surface area (Å²) in [5.74, 6) is -0.440. The number of fused-ring (bicyclic) bond motifs is 1. The molecule has 5 heteroatoms. The van der Waals surface area contributed by atoms with Crippen LogP contribution >= 0.6 is 15.9 Å². The van der Waals surface area contributed by atoms with Gasteiger partial charge in [-0.1, -0.05) is 22.9 Å². The van der Waals surface area contributed by atoms with Gasteiger partial charge in [-0.2, -0.15) is 0 Å². The van der Waals surface area contributed by atoms with E-state index >= 15 is 0 Å². The van der Waals surface area contributed by atoms with Crippen molar-refractivity contribution in [2.45, 2.75) is 26.2 Å². The average molecular weight is 344 g/mol. The second-order valence-corrected chi connectivity index (χ2v) is 6.09. The first-order valence-electron chi connectivity index (χ1n) is 6.82. The molecule has 0 saturated carbocycles. The molecule has 2 rings (SSSR count). The van der Waals surface area contributed by atoms with Gasteiger partial charge in [0.25, 0.3) is 0 Å². The number of anilines is 1. The van der Waals surface area contributed by atoms with Crippen molar-refractivity contribution in [3.05, 3.63) is 28.0 Å². The number of amides is 1. The Morgan fingerprint density at radius 1 is 1.55 bits per heavy atom. The Morgan fingerprint density at radius 3 is 3.00 bits per heavy atom. The highest BCUT2D eigenvalue weighted by Gasteiger charge is 2.30. The Kier molecular flexibility index (Phi) is 5.16. The molecule has 0 fully saturated rings. The zero-order valence-corrected chi connectivity index (χ0v) is 13.4. The van der Waals surface area contributed by atoms with E-state index in [1.54, 1.807) is 12.0 Å². The number of halogens is 2. The highest BCUT2D eigenvalue weighted by atomic mass is 79.9. The topological polar surface area (TPSA) is 29.5 Å². The molecule has 1 atom stereocenters. The lowest BCUT2D eigenvalue weighted by Gasteiger charge is -2.22. The Labute approximate surface area is 127 Å². The van der Waals surface area contributed by atoms with E-state index in [9.17, 15) is 9.18 Å². The van der Waals surface area contributed by atoms with Crippen molar-refractivity contribution in [2.24, 2.45) is 5.92 Å². The summed E-state index contributed by atoms with van der Waals surface area (Å²) in [7, 11) is 1.65. The molecule has 3 nitrogen and oxygen atoms in total. The molecule has 0 saturated heterocycles. The van der Waals surface area contributed by atoms with Crippen LogP contribution in [0.25, 0.3) is 0 Å². The van der Waals surface area contributed by atoms with Crippen LogP contribution in [0, 0.1) is 11.7 Å². The third-order valence-corrected chi connectivity index (χ3v) is 4.11. The van der Waals surface area contributed by atoms with Crippen molar-refractivity contribution in [3.63, 3.8) is 0 Å². The zero-order valence-electron chi connectivity index (χ0n) is 11.8. The molecule has 1 aromatic rings. The quantitative estimate of drug-likeness (QED) is 0.765. The third-order valence-electron chi connectivity index (χ3n) is 3.65. The molecule has 0 aromatic heterocycles. The first-order valence-corrected chi connectivity index (χ1v) is 7.62. The number of carbonyl (C=O) groups excluding carboxylic acids is 1. The van der Waals surface area contributed by atoms with Crippen LogP contribution in [-0.4, -0.2) is 26.2 Å². The maximum Gasteiger partial charge on any atom is 0.229 e. The summed E-state index contributed by atoms with van der Waals surface area (Å²) in [6.45, 7) is 3.11. The zero-order chi connectivity index (χ0) is 14.7. The first-order chi connectivity index (χ1) is 9.54. The lowest BCUT2D eigenvalue weighted by Crippen LogP contribution is -2.34. The van der Waals surface area contributed by atoms with Crippen LogP contribution in [0.3, 0.4) is 0 Å². The number of nitrogens with zero attached hydrogens (tertiary/aromatic N) is 1. The summed E-state index contributed by atoms with van der Waals surface area (Å²) < 4.78 is 19.8. The first kappa shape index (κ1) is 15.4. The highest BCUT2D eigenvalue weighted by molar-refractivity contribution is 9.10. The minimum atomic E-state index is -0.329. The Hall–Kier alpha value is -0.940. The van der Waals surface area contributed by atoms with E-state index < -0.39 is 0 Å². The predicted molar refractivity (Wildman–Crippen MR) is 80.4 cm³/mol. The van der Waals surface area contributed by atoms with Crippen molar-refractivity contribution in [1.29, 1.82) is 0 Å². The lowest BCUT2D eigenvalue weighted by molar-refractivity contribution is -0.122. The predicted octanol–water partition coefficient (Wildman–Crippen LogP) is 3.54. The molecule has 1 aliphatic rings. The molecule has 110 valence electrons. The van der Waals surface area contributed by atoms with Gasteiger partial charge < -0.3 is 9.64 Å². The van der Waals surface area contributed by atoms with Gasteiger partial charge in [0.1, 0.15) is 5.82 Å². The third kappa shape index (κ3) is 3.20. The molecule has 1 heterocycles. The van der Waals surface area contributed by atoms with Crippen molar-refractivity contribution in [1.82, 2.24) is 0 Å². The van der Waals surface area contributed by atoms with Crippen LogP contribution in [0.1, 0.15) is 25.3 Å². The van der Waals surface area contributed by atoms with Crippen LogP contribution in [0.4, 0.5) is 10.1 Å². The fourth-order valence-corrected chi connectivity index (χ4v) is 3.08. The van der Waals surface area contributed by atoms with Crippen LogP contribution < -0.4 is 4.90 Å². The van der Waals surface area contributed by atoms with Crippen molar-refractivity contribution >= 4 is 27.5 Å². The van der Waals surface area contributed by atoms with Gasteiger partial charge in [0.05, 0.1) is 5.69 Å². The van der Waals surface area contributed by atoms with Gasteiger partial charge in [0.2, 0.25) is 5.91 Å². The van der Waals surface area contributed by atoms with Gasteiger partial charge in [-0.3, -0.25) is 4.79 Å². The SMILES string of the molecule is COCCCC(C)C(=O)N1CCc2cc(Br)cc(F)c21. The summed E-state index contributed by atoms with van der Waals surface area (Å²) in [6.07, 6.45) is 2.31. The van der Waals surface area contributed by atoms with Crippen molar-refractivity contribution < 1.29 is 13.9 Å². The molecule has 0 N–H and O–H groups in total. The van der Waals surface area contributed by atoms with Gasteiger partial charge in [-0.15, -0.1) is 0 Å². The Bertz CT molecular complexity index is 507. The van der Waals surface area contributed by atoms with Gasteiger partial charge >= 0.3 is 0 Å². The monoisotopic (exact) mass is 343 g/mol. The van der Waals surface area contributed by atoms with E-state index in [2.05, 4.69) is 15.9 Å². The largest absolute Gasteiger partial charge is 0.385 e. The second-order valence-electron chi connectivity index (χ2n) is 5.17. The minimum Gasteiger partial charge on any atom is -0.385 e. The standard InChI is InChI=1S/C15H19BrFNO2/c1-10(4-3-7-20-2)15(19)18-6-5-11-8-12(16)9-13(17)14(11)18/h8-10H,3-7H2,1-2H3. The van der Waals surface area contributed by atoms with Crippen LogP contribution in [-0.2, 0) is 16.0 Å². The molecule has 1 aliphatic heterocycles. The maximum atomic E-state index is 14.1. The van der Waals surface area contributed by atoms with E-state index in [4.69, 9.17) is 4.74 Å². The Balaban J connectivity index is 2.11. The molecular weight excluding hydrogens is 325 g/mol. The van der Waals surface area contributed by atoms with Gasteiger partial charge in [0, 0.05) is 30.7 Å². The molecule has 0 radical (unpaired) electrons. The molecule has 1 amide bonds. The van der Waals surface area contributed by atoms with Crippen LogP contribution in [0.5, 0.6) is 0 Å². The number of hydrogen-bond acceptors (Lipinski definition) is 2. The smallest absolute Gasteiger partial charge is 0.229 e. The molecule has 0 aliphatic carbocycles. The van der Waals surface area contributed by atoms with Gasteiger partial charge in [0.15, 0.2) is 0 Å². The number of ether oxygens (including phenoxy) is 1. The molecule has 0 bridgehead atoms. The number of hydrogen-bond donors (Lipinski definition) is 0. The molecule has 1 unspecified atom stereocenters. The van der Waals surface area contributed by atoms with Gasteiger partial charge in [-0.05, 0) is 37.0 Å². The van der Waals surface area contributed by atoms with Gasteiger partial charge in [-0.25, -0.2) is 4.39 Å². The van der Waals surface area contributed by atoms with Crippen molar-refractivity contribution in [3.8, 4) is 0 Å². The lowest BCUT2D eigenvalue weighted by atomic mass is 10.0. The van der Waals surface area contributed by atoms with E-state index in [0.29, 0.717) is 25.3 Å². The van der Waals surface area contributed by atoms with E-state index in [1.165, 1.54) is 6.07 Å². The summed E-state index contributed by atoms with van der Waals surface area (Å²) in [4.78, 5) is 14.0. The fraction of sp³-hybridized carbons (Fsp3) is 0.533. The van der Waals surface area contributed by atoms with Crippen molar-refractivity contribution in [2.75, 3.05) is 25.2 Å². The number of benzene rings is 1. The molecule has 1 aromatic carbocycles. The summed E-state index contributed by atoms with van der Waals surface area (Å²) in [5.41, 5.74) is 1.35. The molecule has 0 spiro atoms. The molecule has 20 heavy (non-hydrogen) atoms. The fourth-order valence-electron chi connectivity index (χ4n) is 2.60. The minimum absolute atomic E-state index is 0.000996. The molecular formula is C15H19BrFNO2. The van der Waals surface area contributed by atoms with Crippen LogP contribution in [0.15, 0.2) is 16.6 Å².